The van der Waals surface area contributed by atoms with Crippen molar-refractivity contribution >= 4 is 17.5 Å². The van der Waals surface area contributed by atoms with Crippen molar-refractivity contribution in [3.05, 3.63) is 64.2 Å². The third-order valence-electron chi connectivity index (χ3n) is 2.88. The second-order valence-electron chi connectivity index (χ2n) is 4.37. The lowest BCUT2D eigenvalue weighted by Gasteiger charge is -2.08. The van der Waals surface area contributed by atoms with E-state index < -0.39 is 0 Å². The fourth-order valence-corrected chi connectivity index (χ4v) is 1.83. The number of amides is 1. The summed E-state index contributed by atoms with van der Waals surface area (Å²) in [4.78, 5) is 11.3. The molecule has 0 bridgehead atoms. The van der Waals surface area contributed by atoms with E-state index in [2.05, 4.69) is 5.43 Å². The van der Waals surface area contributed by atoms with Gasteiger partial charge in [0.25, 0.3) is 5.91 Å². The summed E-state index contributed by atoms with van der Waals surface area (Å²) in [5.74, 6) is 5.51. The zero-order valence-electron chi connectivity index (χ0n) is 11.0. The Balaban J connectivity index is 2.00. The molecule has 2 aromatic carbocycles. The Morgan fingerprint density at radius 1 is 1.25 bits per heavy atom. The number of carbonyl (C=O) groups is 1. The first-order valence-corrected chi connectivity index (χ1v) is 6.47. The molecule has 3 N–H and O–H groups in total. The number of nitrogens with two attached hydrogens (primary N) is 1. The highest BCUT2D eigenvalue weighted by atomic mass is 35.5. The van der Waals surface area contributed by atoms with Crippen molar-refractivity contribution in [2.45, 2.75) is 13.5 Å². The highest BCUT2D eigenvalue weighted by molar-refractivity contribution is 6.31. The van der Waals surface area contributed by atoms with Crippen LogP contribution in [0.15, 0.2) is 42.5 Å². The normalized spacial score (nSPS) is 10.2. The third kappa shape index (κ3) is 3.50. The van der Waals surface area contributed by atoms with Gasteiger partial charge in [0.2, 0.25) is 0 Å². The number of aryl methyl sites for hydroxylation is 1. The van der Waals surface area contributed by atoms with Gasteiger partial charge in [-0.05, 0) is 48.4 Å². The molecule has 0 unspecified atom stereocenters. The molecule has 0 spiro atoms. The predicted molar refractivity (Wildman–Crippen MR) is 78.6 cm³/mol. The van der Waals surface area contributed by atoms with Crippen LogP contribution in [-0.2, 0) is 6.61 Å². The quantitative estimate of drug-likeness (QED) is 0.517. The standard InChI is InChI=1S/C15H15ClN2O2/c1-10-8-13(6-7-14(10)16)20-9-11-2-4-12(5-3-11)15(19)18-17/h2-8H,9,17H2,1H3,(H,18,19). The fourth-order valence-electron chi connectivity index (χ4n) is 1.71. The molecular weight excluding hydrogens is 276 g/mol. The van der Waals surface area contributed by atoms with Crippen LogP contribution in [0.5, 0.6) is 5.75 Å². The highest BCUT2D eigenvalue weighted by Crippen LogP contribution is 2.21. The third-order valence-corrected chi connectivity index (χ3v) is 3.31. The summed E-state index contributed by atoms with van der Waals surface area (Å²) in [6.45, 7) is 2.35. The van der Waals surface area contributed by atoms with Gasteiger partial charge in [-0.15, -0.1) is 0 Å². The molecule has 0 heterocycles. The number of halogens is 1. The average Bonchev–Trinajstić information content (AvgIpc) is 2.48. The van der Waals surface area contributed by atoms with Crippen LogP contribution >= 0.6 is 11.6 Å². The van der Waals surface area contributed by atoms with Crippen molar-refractivity contribution in [1.82, 2.24) is 5.43 Å². The summed E-state index contributed by atoms with van der Waals surface area (Å²) in [6.07, 6.45) is 0. The predicted octanol–water partition coefficient (Wildman–Crippen LogP) is 2.83. The van der Waals surface area contributed by atoms with E-state index >= 15 is 0 Å². The molecule has 0 aliphatic carbocycles. The molecule has 104 valence electrons. The molecule has 0 fully saturated rings. The van der Waals surface area contributed by atoms with E-state index in [9.17, 15) is 4.79 Å². The number of nitrogens with one attached hydrogen (secondary N) is 1. The van der Waals surface area contributed by atoms with Crippen molar-refractivity contribution in [2.75, 3.05) is 0 Å². The minimum Gasteiger partial charge on any atom is -0.489 e. The van der Waals surface area contributed by atoms with Gasteiger partial charge in [0.1, 0.15) is 12.4 Å². The van der Waals surface area contributed by atoms with E-state index in [0.29, 0.717) is 12.2 Å². The number of hydrazine groups is 1. The minimum absolute atomic E-state index is 0.314. The topological polar surface area (TPSA) is 64.3 Å². The number of hydrogen-bond donors (Lipinski definition) is 2. The molecule has 0 radical (unpaired) electrons. The Kier molecular flexibility index (Phi) is 4.61. The first-order chi connectivity index (χ1) is 9.60. The van der Waals surface area contributed by atoms with Crippen LogP contribution in [0.2, 0.25) is 5.02 Å². The largest absolute Gasteiger partial charge is 0.489 e. The molecule has 2 rings (SSSR count). The van der Waals surface area contributed by atoms with E-state index in [1.165, 1.54) is 0 Å². The lowest BCUT2D eigenvalue weighted by molar-refractivity contribution is 0.0953. The van der Waals surface area contributed by atoms with Crippen molar-refractivity contribution in [3.8, 4) is 5.75 Å². The van der Waals surface area contributed by atoms with Crippen molar-refractivity contribution in [1.29, 1.82) is 0 Å². The molecule has 2 aromatic rings. The molecule has 0 aromatic heterocycles. The molecule has 1 amide bonds. The van der Waals surface area contributed by atoms with Gasteiger partial charge < -0.3 is 4.74 Å². The fraction of sp³-hybridized carbons (Fsp3) is 0.133. The smallest absolute Gasteiger partial charge is 0.265 e. The summed E-state index contributed by atoms with van der Waals surface area (Å²) in [5.41, 5.74) is 4.54. The van der Waals surface area contributed by atoms with Gasteiger partial charge in [0.15, 0.2) is 0 Å². The van der Waals surface area contributed by atoms with Gasteiger partial charge in [-0.25, -0.2) is 5.84 Å². The van der Waals surface area contributed by atoms with Crippen LogP contribution in [0.4, 0.5) is 0 Å². The Labute approximate surface area is 122 Å². The molecule has 20 heavy (non-hydrogen) atoms. The van der Waals surface area contributed by atoms with Gasteiger partial charge in [-0.3, -0.25) is 10.2 Å². The van der Waals surface area contributed by atoms with Gasteiger partial charge in [0.05, 0.1) is 0 Å². The number of hydrogen-bond acceptors (Lipinski definition) is 3. The van der Waals surface area contributed by atoms with E-state index in [0.717, 1.165) is 21.9 Å². The number of nitrogen functional groups attached to an aromatic ring is 1. The van der Waals surface area contributed by atoms with Gasteiger partial charge in [0, 0.05) is 10.6 Å². The molecule has 0 aliphatic heterocycles. The lowest BCUT2D eigenvalue weighted by atomic mass is 10.1. The maximum atomic E-state index is 11.3. The zero-order chi connectivity index (χ0) is 14.5. The highest BCUT2D eigenvalue weighted by Gasteiger charge is 2.03. The number of carbonyl (C=O) groups excluding carboxylic acids is 1. The van der Waals surface area contributed by atoms with Gasteiger partial charge >= 0.3 is 0 Å². The van der Waals surface area contributed by atoms with E-state index in [-0.39, 0.29) is 5.91 Å². The molecular formula is C15H15ClN2O2. The summed E-state index contributed by atoms with van der Waals surface area (Å²) in [6, 6.07) is 12.6. The van der Waals surface area contributed by atoms with E-state index in [1.54, 1.807) is 18.2 Å². The second kappa shape index (κ2) is 6.41. The average molecular weight is 291 g/mol. The Bertz CT molecular complexity index is 612. The summed E-state index contributed by atoms with van der Waals surface area (Å²) in [7, 11) is 0. The summed E-state index contributed by atoms with van der Waals surface area (Å²) < 4.78 is 5.67. The van der Waals surface area contributed by atoms with Crippen LogP contribution in [0, 0.1) is 6.92 Å². The molecule has 5 heteroatoms. The molecule has 4 nitrogen and oxygen atoms in total. The molecule has 0 aliphatic rings. The van der Waals surface area contributed by atoms with E-state index in [4.69, 9.17) is 22.2 Å². The van der Waals surface area contributed by atoms with Gasteiger partial charge in [-0.1, -0.05) is 23.7 Å². The van der Waals surface area contributed by atoms with Gasteiger partial charge in [-0.2, -0.15) is 0 Å². The van der Waals surface area contributed by atoms with Crippen LogP contribution < -0.4 is 16.0 Å². The van der Waals surface area contributed by atoms with Crippen molar-refractivity contribution in [3.63, 3.8) is 0 Å². The zero-order valence-corrected chi connectivity index (χ0v) is 11.8. The number of ether oxygens (including phenoxy) is 1. The maximum absolute atomic E-state index is 11.3. The Morgan fingerprint density at radius 3 is 2.55 bits per heavy atom. The van der Waals surface area contributed by atoms with Crippen LogP contribution in [0.3, 0.4) is 0 Å². The lowest BCUT2D eigenvalue weighted by Crippen LogP contribution is -2.29. The first-order valence-electron chi connectivity index (χ1n) is 6.09. The summed E-state index contributed by atoms with van der Waals surface area (Å²) in [5, 5.41) is 0.717. The van der Waals surface area contributed by atoms with Crippen LogP contribution in [0.25, 0.3) is 0 Å². The Hall–Kier alpha value is -2.04. The molecule has 0 saturated heterocycles. The monoisotopic (exact) mass is 290 g/mol. The molecule has 0 saturated carbocycles. The van der Waals surface area contributed by atoms with Crippen molar-refractivity contribution < 1.29 is 9.53 Å². The Morgan fingerprint density at radius 2 is 1.95 bits per heavy atom. The first kappa shape index (κ1) is 14.4. The van der Waals surface area contributed by atoms with E-state index in [1.807, 2.05) is 31.2 Å². The number of rotatable bonds is 4. The van der Waals surface area contributed by atoms with Crippen LogP contribution in [0.1, 0.15) is 21.5 Å². The minimum atomic E-state index is -0.314. The van der Waals surface area contributed by atoms with Crippen molar-refractivity contribution in [2.24, 2.45) is 5.84 Å². The SMILES string of the molecule is Cc1cc(OCc2ccc(C(=O)NN)cc2)ccc1Cl. The number of benzene rings is 2. The molecule has 0 atom stereocenters. The van der Waals surface area contributed by atoms with Crippen LogP contribution in [-0.4, -0.2) is 5.91 Å². The summed E-state index contributed by atoms with van der Waals surface area (Å²) >= 11 is 5.95. The maximum Gasteiger partial charge on any atom is 0.265 e. The second-order valence-corrected chi connectivity index (χ2v) is 4.78.